The zero-order chi connectivity index (χ0) is 23.8. The molecule has 5 atom stereocenters. The molecule has 1 aliphatic rings. The Morgan fingerprint density at radius 2 is 1.94 bits per heavy atom. The number of nitrogens with one attached hydrogen (secondary N) is 1. The zero-order valence-corrected chi connectivity index (χ0v) is 19.2. The number of aromatic nitrogens is 3. The summed E-state index contributed by atoms with van der Waals surface area (Å²) in [6.07, 6.45) is -3.87. The van der Waals surface area contributed by atoms with Gasteiger partial charge in [-0.25, -0.2) is 4.98 Å². The molecule has 3 aromatic rings. The minimum absolute atomic E-state index is 0.0141. The Kier molecular flexibility index (Phi) is 7.04. The summed E-state index contributed by atoms with van der Waals surface area (Å²) in [5, 5.41) is 24.8. The standard InChI is InChI=1S/C20H24ClN4O7P/c1-11(12-5-3-2-4-6-12)22-17-13-7-8-25(18(13)24-20(21)23-17)19-16(27)15(26)14(32-19)9-31-10-33(28,29)30/h2-8,11,14-16,19,26-27H,9-10H2,1H3,(H,22,23,24)(H2,28,29,30)/t11-,14?,15-,16-,19-/m1/s1. The van der Waals surface area contributed by atoms with Crippen molar-refractivity contribution in [2.24, 2.45) is 0 Å². The molecule has 1 saturated heterocycles. The molecule has 0 bridgehead atoms. The molecule has 33 heavy (non-hydrogen) atoms. The van der Waals surface area contributed by atoms with Crippen molar-refractivity contribution in [2.75, 3.05) is 18.3 Å². The van der Waals surface area contributed by atoms with Gasteiger partial charge in [-0.15, -0.1) is 0 Å². The molecule has 1 fully saturated rings. The second kappa shape index (κ2) is 9.65. The summed E-state index contributed by atoms with van der Waals surface area (Å²) in [5.41, 5.74) is 1.43. The molecule has 13 heteroatoms. The minimum atomic E-state index is -4.36. The van der Waals surface area contributed by atoms with Crippen LogP contribution in [0.25, 0.3) is 11.0 Å². The quantitative estimate of drug-likeness (QED) is 0.230. The van der Waals surface area contributed by atoms with Gasteiger partial charge in [0.25, 0.3) is 0 Å². The van der Waals surface area contributed by atoms with Crippen molar-refractivity contribution in [3.05, 3.63) is 53.4 Å². The fraction of sp³-hybridized carbons (Fsp3) is 0.400. The van der Waals surface area contributed by atoms with E-state index < -0.39 is 38.5 Å². The van der Waals surface area contributed by atoms with Crippen LogP contribution in [0.4, 0.5) is 5.82 Å². The lowest BCUT2D eigenvalue weighted by Crippen LogP contribution is -2.33. The number of aliphatic hydroxyl groups is 2. The SMILES string of the molecule is C[C@@H](Nc1nc(Cl)nc2c1ccn2[C@@H]1OC(COCP(=O)(O)O)[C@@H](O)[C@H]1O)c1ccccc1. The van der Waals surface area contributed by atoms with Gasteiger partial charge in [0.15, 0.2) is 6.23 Å². The van der Waals surface area contributed by atoms with Crippen LogP contribution in [0.1, 0.15) is 24.8 Å². The third-order valence-electron chi connectivity index (χ3n) is 5.35. The molecule has 178 valence electrons. The first kappa shape index (κ1) is 24.1. The molecule has 0 saturated carbocycles. The van der Waals surface area contributed by atoms with Gasteiger partial charge in [0.2, 0.25) is 5.28 Å². The monoisotopic (exact) mass is 498 g/mol. The van der Waals surface area contributed by atoms with Crippen LogP contribution in [0.2, 0.25) is 5.28 Å². The molecule has 1 aliphatic heterocycles. The van der Waals surface area contributed by atoms with Crippen LogP contribution >= 0.6 is 19.2 Å². The summed E-state index contributed by atoms with van der Waals surface area (Å²) >= 11 is 6.17. The van der Waals surface area contributed by atoms with Crippen molar-refractivity contribution in [1.82, 2.24) is 14.5 Å². The summed E-state index contributed by atoms with van der Waals surface area (Å²) in [6, 6.07) is 11.5. The molecular weight excluding hydrogens is 475 g/mol. The van der Waals surface area contributed by atoms with E-state index in [1.807, 2.05) is 37.3 Å². The number of aliphatic hydroxyl groups excluding tert-OH is 2. The fourth-order valence-electron chi connectivity index (χ4n) is 3.74. The molecule has 0 aliphatic carbocycles. The first-order valence-corrected chi connectivity index (χ1v) is 12.3. The van der Waals surface area contributed by atoms with E-state index >= 15 is 0 Å². The molecule has 4 rings (SSSR count). The number of hydrogen-bond donors (Lipinski definition) is 5. The van der Waals surface area contributed by atoms with Crippen LogP contribution < -0.4 is 5.32 Å². The lowest BCUT2D eigenvalue weighted by atomic mass is 10.1. The third-order valence-corrected chi connectivity index (χ3v) is 6.04. The van der Waals surface area contributed by atoms with E-state index in [-0.39, 0.29) is 17.9 Å². The molecule has 0 radical (unpaired) electrons. The van der Waals surface area contributed by atoms with E-state index in [9.17, 15) is 14.8 Å². The molecule has 5 N–H and O–H groups in total. The normalized spacial score (nSPS) is 24.3. The van der Waals surface area contributed by atoms with Crippen LogP contribution in [-0.2, 0) is 14.0 Å². The number of ether oxygens (including phenoxy) is 2. The van der Waals surface area contributed by atoms with E-state index in [4.69, 9.17) is 30.9 Å². The maximum Gasteiger partial charge on any atom is 0.350 e. The van der Waals surface area contributed by atoms with E-state index in [2.05, 4.69) is 15.3 Å². The van der Waals surface area contributed by atoms with Crippen molar-refractivity contribution >= 4 is 36.0 Å². The average Bonchev–Trinajstić information content (AvgIpc) is 3.29. The lowest BCUT2D eigenvalue weighted by Gasteiger charge is -2.19. The maximum absolute atomic E-state index is 11.0. The van der Waals surface area contributed by atoms with Crippen molar-refractivity contribution in [2.45, 2.75) is 37.5 Å². The fourth-order valence-corrected chi connectivity index (χ4v) is 4.24. The molecular formula is C20H24ClN4O7P. The van der Waals surface area contributed by atoms with Crippen molar-refractivity contribution in [3.63, 3.8) is 0 Å². The summed E-state index contributed by atoms with van der Waals surface area (Å²) in [5.74, 6) is 0.495. The lowest BCUT2D eigenvalue weighted by molar-refractivity contribution is -0.0610. The zero-order valence-electron chi connectivity index (χ0n) is 17.5. The van der Waals surface area contributed by atoms with Crippen molar-refractivity contribution < 1.29 is 34.0 Å². The van der Waals surface area contributed by atoms with E-state index in [1.54, 1.807) is 12.3 Å². The Bertz CT molecular complexity index is 1160. The Balaban J connectivity index is 1.57. The van der Waals surface area contributed by atoms with Crippen LogP contribution in [0.3, 0.4) is 0 Å². The van der Waals surface area contributed by atoms with E-state index in [0.717, 1.165) is 5.56 Å². The second-order valence-corrected chi connectivity index (χ2v) is 9.71. The number of hydrogen-bond acceptors (Lipinski definition) is 8. The van der Waals surface area contributed by atoms with Crippen LogP contribution in [-0.4, -0.2) is 65.8 Å². The number of rotatable bonds is 8. The molecule has 1 unspecified atom stereocenters. The highest BCUT2D eigenvalue weighted by Gasteiger charge is 2.44. The highest BCUT2D eigenvalue weighted by molar-refractivity contribution is 7.51. The Morgan fingerprint density at radius 3 is 2.64 bits per heavy atom. The van der Waals surface area contributed by atoms with Gasteiger partial charge in [-0.3, -0.25) is 4.57 Å². The average molecular weight is 499 g/mol. The van der Waals surface area contributed by atoms with E-state index in [1.165, 1.54) is 4.57 Å². The predicted octanol–water partition coefficient (Wildman–Crippen LogP) is 2.03. The Morgan fingerprint density at radius 1 is 1.21 bits per heavy atom. The van der Waals surface area contributed by atoms with Gasteiger partial charge < -0.3 is 39.4 Å². The van der Waals surface area contributed by atoms with Gasteiger partial charge >= 0.3 is 7.60 Å². The van der Waals surface area contributed by atoms with Crippen molar-refractivity contribution in [1.29, 1.82) is 0 Å². The Labute approximate surface area is 194 Å². The number of anilines is 1. The van der Waals surface area contributed by atoms with Gasteiger partial charge in [0, 0.05) is 12.2 Å². The minimum Gasteiger partial charge on any atom is -0.387 e. The largest absolute Gasteiger partial charge is 0.387 e. The van der Waals surface area contributed by atoms with Gasteiger partial charge in [0.05, 0.1) is 12.0 Å². The first-order chi connectivity index (χ1) is 15.6. The summed E-state index contributed by atoms with van der Waals surface area (Å²) in [4.78, 5) is 26.4. The van der Waals surface area contributed by atoms with Gasteiger partial charge in [0.1, 0.15) is 36.1 Å². The number of nitrogens with zero attached hydrogens (tertiary/aromatic N) is 3. The summed E-state index contributed by atoms with van der Waals surface area (Å²) < 4.78 is 23.2. The van der Waals surface area contributed by atoms with Crippen LogP contribution in [0, 0.1) is 0 Å². The maximum atomic E-state index is 11.0. The second-order valence-electron chi connectivity index (χ2n) is 7.79. The molecule has 3 heterocycles. The molecule has 11 nitrogen and oxygen atoms in total. The number of halogens is 1. The Hall–Kier alpha value is -2.08. The third kappa shape index (κ3) is 5.37. The predicted molar refractivity (Wildman–Crippen MR) is 120 cm³/mol. The molecule has 0 spiro atoms. The number of benzene rings is 1. The highest BCUT2D eigenvalue weighted by Crippen LogP contribution is 2.37. The smallest absolute Gasteiger partial charge is 0.350 e. The number of fused-ring (bicyclic) bond motifs is 1. The van der Waals surface area contributed by atoms with Crippen LogP contribution in [0.5, 0.6) is 0 Å². The van der Waals surface area contributed by atoms with E-state index in [0.29, 0.717) is 16.9 Å². The topological polar surface area (TPSA) is 159 Å². The first-order valence-electron chi connectivity index (χ1n) is 10.1. The van der Waals surface area contributed by atoms with Crippen LogP contribution in [0.15, 0.2) is 42.6 Å². The summed E-state index contributed by atoms with van der Waals surface area (Å²) in [6.45, 7) is 1.67. The highest BCUT2D eigenvalue weighted by atomic mass is 35.5. The van der Waals surface area contributed by atoms with Crippen molar-refractivity contribution in [3.8, 4) is 0 Å². The molecule has 2 aromatic heterocycles. The molecule has 1 aromatic carbocycles. The van der Waals surface area contributed by atoms with Gasteiger partial charge in [-0.1, -0.05) is 30.3 Å². The molecule has 0 amide bonds. The van der Waals surface area contributed by atoms with Gasteiger partial charge in [-0.2, -0.15) is 4.98 Å². The summed E-state index contributed by atoms with van der Waals surface area (Å²) in [7, 11) is -4.36. The van der Waals surface area contributed by atoms with Gasteiger partial charge in [-0.05, 0) is 30.2 Å².